The number of halogens is 3. The average Bonchev–Trinajstić information content (AvgIpc) is 3.34. The number of rotatable bonds is 6. The van der Waals surface area contributed by atoms with E-state index >= 15 is 0 Å². The van der Waals surface area contributed by atoms with E-state index in [1.165, 1.54) is 19.2 Å². The molecule has 1 saturated heterocycles. The standard InChI is InChI=1S/C30H29F3N4O3/c1-39-29(38)27-15-23-22-6-2-3-7-24(22)36-28(23)26-14-20(35-17-18-5-4-12-34-16-18)13-25(37(26)27)19-8-10-21(11-9-19)40-30(31,32)33/h2-12,16,20,25-27,35-36H,13-15,17H2,1H3/t20-,25+,26-,27+/m1/s1. The van der Waals surface area contributed by atoms with Crippen LogP contribution < -0.4 is 10.1 Å². The number of para-hydroxylation sites is 1. The van der Waals surface area contributed by atoms with Crippen LogP contribution in [0.15, 0.2) is 73.1 Å². The Kier molecular flexibility index (Phi) is 6.97. The van der Waals surface area contributed by atoms with Crippen LogP contribution in [-0.4, -0.2) is 46.4 Å². The van der Waals surface area contributed by atoms with E-state index < -0.39 is 12.4 Å². The van der Waals surface area contributed by atoms with Crippen molar-refractivity contribution >= 4 is 16.9 Å². The first-order valence-corrected chi connectivity index (χ1v) is 13.2. The van der Waals surface area contributed by atoms with E-state index in [-0.39, 0.29) is 29.8 Å². The molecular formula is C30H29F3N4O3. The fourth-order valence-corrected chi connectivity index (χ4v) is 6.29. The lowest BCUT2D eigenvalue weighted by Crippen LogP contribution is -2.55. The van der Waals surface area contributed by atoms with E-state index in [2.05, 4.69) is 31.0 Å². The van der Waals surface area contributed by atoms with E-state index in [9.17, 15) is 18.0 Å². The number of carbonyl (C=O) groups is 1. The summed E-state index contributed by atoms with van der Waals surface area (Å²) < 4.78 is 47.8. The average molecular weight is 551 g/mol. The largest absolute Gasteiger partial charge is 0.573 e. The van der Waals surface area contributed by atoms with Crippen LogP contribution in [0.3, 0.4) is 0 Å². The van der Waals surface area contributed by atoms with Crippen LogP contribution in [0.25, 0.3) is 10.9 Å². The van der Waals surface area contributed by atoms with Gasteiger partial charge in [-0.25, -0.2) is 0 Å². The normalized spacial score (nSPS) is 22.9. The van der Waals surface area contributed by atoms with Crippen molar-refractivity contribution in [3.8, 4) is 5.75 Å². The number of fused-ring (bicyclic) bond motifs is 5. The smallest absolute Gasteiger partial charge is 0.468 e. The molecule has 2 aliphatic rings. The summed E-state index contributed by atoms with van der Waals surface area (Å²) in [4.78, 5) is 23.2. The number of aromatic nitrogens is 2. The van der Waals surface area contributed by atoms with Crippen LogP contribution in [0.4, 0.5) is 13.2 Å². The summed E-state index contributed by atoms with van der Waals surface area (Å²) in [6, 6.07) is 17.1. The Morgan fingerprint density at radius 1 is 1.07 bits per heavy atom. The molecule has 6 rings (SSSR count). The lowest BCUT2D eigenvalue weighted by Gasteiger charge is -2.50. The van der Waals surface area contributed by atoms with Crippen LogP contribution in [0.2, 0.25) is 0 Å². The SMILES string of the molecule is COC(=O)[C@@H]1Cc2c([nH]c3ccccc23)[C@H]2C[C@H](NCc3cccnc3)C[C@@H](c3ccc(OC(F)(F)F)cc3)N21. The lowest BCUT2D eigenvalue weighted by molar-refractivity contribution is -0.274. The monoisotopic (exact) mass is 550 g/mol. The molecule has 2 aromatic carbocycles. The van der Waals surface area contributed by atoms with Crippen LogP contribution in [-0.2, 0) is 22.5 Å². The molecule has 7 nitrogen and oxygen atoms in total. The van der Waals surface area contributed by atoms with Crippen molar-refractivity contribution in [3.05, 3.63) is 95.4 Å². The predicted octanol–water partition coefficient (Wildman–Crippen LogP) is 5.60. The number of carbonyl (C=O) groups excluding carboxylic acids is 1. The van der Waals surface area contributed by atoms with Crippen molar-refractivity contribution in [3.63, 3.8) is 0 Å². The highest BCUT2D eigenvalue weighted by Gasteiger charge is 2.48. The molecule has 0 amide bonds. The molecule has 4 aromatic rings. The summed E-state index contributed by atoms with van der Waals surface area (Å²) >= 11 is 0. The third-order valence-electron chi connectivity index (χ3n) is 7.96. The first kappa shape index (κ1) is 26.3. The molecule has 0 bridgehead atoms. The van der Waals surface area contributed by atoms with E-state index in [4.69, 9.17) is 4.74 Å². The second kappa shape index (κ2) is 10.6. The van der Waals surface area contributed by atoms with Gasteiger partial charge in [0, 0.05) is 54.0 Å². The number of alkyl halides is 3. The first-order chi connectivity index (χ1) is 19.3. The van der Waals surface area contributed by atoms with E-state index in [1.54, 1.807) is 18.3 Å². The number of nitrogens with one attached hydrogen (secondary N) is 2. The number of hydrogen-bond donors (Lipinski definition) is 2. The molecule has 2 aromatic heterocycles. The Balaban J connectivity index is 1.40. The van der Waals surface area contributed by atoms with E-state index in [0.717, 1.165) is 39.7 Å². The van der Waals surface area contributed by atoms with Gasteiger partial charge in [0.1, 0.15) is 11.8 Å². The number of ether oxygens (including phenoxy) is 2. The molecule has 4 atom stereocenters. The van der Waals surface area contributed by atoms with Crippen molar-refractivity contribution in [1.82, 2.24) is 20.2 Å². The number of methoxy groups -OCH3 is 1. The lowest BCUT2D eigenvalue weighted by atomic mass is 9.79. The minimum Gasteiger partial charge on any atom is -0.468 e. The number of pyridine rings is 1. The second-order valence-electron chi connectivity index (χ2n) is 10.3. The Morgan fingerprint density at radius 2 is 1.85 bits per heavy atom. The van der Waals surface area contributed by atoms with Crippen LogP contribution in [0, 0.1) is 0 Å². The third kappa shape index (κ3) is 5.16. The first-order valence-electron chi connectivity index (χ1n) is 13.2. The molecule has 0 spiro atoms. The predicted molar refractivity (Wildman–Crippen MR) is 142 cm³/mol. The molecule has 0 aliphatic carbocycles. The van der Waals surface area contributed by atoms with Gasteiger partial charge < -0.3 is 19.8 Å². The maximum atomic E-state index is 13.2. The van der Waals surface area contributed by atoms with Crippen LogP contribution >= 0.6 is 0 Å². The Hall–Kier alpha value is -3.89. The number of piperidine rings is 1. The molecule has 0 unspecified atom stereocenters. The zero-order chi connectivity index (χ0) is 27.9. The molecule has 10 heteroatoms. The van der Waals surface area contributed by atoms with Crippen molar-refractivity contribution in [1.29, 1.82) is 0 Å². The van der Waals surface area contributed by atoms with Crippen molar-refractivity contribution in [2.24, 2.45) is 0 Å². The number of H-pyrrole nitrogens is 1. The molecule has 2 aliphatic heterocycles. The maximum absolute atomic E-state index is 13.2. The second-order valence-corrected chi connectivity index (χ2v) is 10.3. The topological polar surface area (TPSA) is 79.5 Å². The van der Waals surface area contributed by atoms with Gasteiger partial charge in [0.25, 0.3) is 0 Å². The van der Waals surface area contributed by atoms with Gasteiger partial charge in [0.05, 0.1) is 13.2 Å². The summed E-state index contributed by atoms with van der Waals surface area (Å²) in [5.74, 6) is -0.611. The molecular weight excluding hydrogens is 521 g/mol. The number of nitrogens with zero attached hydrogens (tertiary/aromatic N) is 2. The Morgan fingerprint density at radius 3 is 2.58 bits per heavy atom. The maximum Gasteiger partial charge on any atom is 0.573 e. The van der Waals surface area contributed by atoms with Crippen LogP contribution in [0.1, 0.15) is 47.3 Å². The number of hydrogen-bond acceptors (Lipinski definition) is 6. The molecule has 0 radical (unpaired) electrons. The summed E-state index contributed by atoms with van der Waals surface area (Å²) in [7, 11) is 1.39. The van der Waals surface area contributed by atoms with Gasteiger partial charge >= 0.3 is 12.3 Å². The van der Waals surface area contributed by atoms with Gasteiger partial charge in [0.2, 0.25) is 0 Å². The van der Waals surface area contributed by atoms with Gasteiger partial charge in [-0.05, 0) is 53.8 Å². The summed E-state index contributed by atoms with van der Waals surface area (Å²) in [6.45, 7) is 0.621. The summed E-state index contributed by atoms with van der Waals surface area (Å²) in [5.41, 5.74) is 5.04. The third-order valence-corrected chi connectivity index (χ3v) is 7.96. The molecule has 40 heavy (non-hydrogen) atoms. The van der Waals surface area contributed by atoms with Crippen molar-refractivity contribution < 1.29 is 27.4 Å². The highest BCUT2D eigenvalue weighted by molar-refractivity contribution is 5.87. The van der Waals surface area contributed by atoms with Crippen molar-refractivity contribution in [2.75, 3.05) is 7.11 Å². The molecule has 1 fully saturated rings. The van der Waals surface area contributed by atoms with Crippen LogP contribution in [0.5, 0.6) is 5.75 Å². The molecule has 0 saturated carbocycles. The highest BCUT2D eigenvalue weighted by atomic mass is 19.4. The zero-order valence-electron chi connectivity index (χ0n) is 21.8. The number of benzene rings is 2. The Bertz CT molecular complexity index is 1490. The van der Waals surface area contributed by atoms with E-state index in [0.29, 0.717) is 19.4 Å². The summed E-state index contributed by atoms with van der Waals surface area (Å²) in [6.07, 6.45) is 0.646. The van der Waals surface area contributed by atoms with Gasteiger partial charge in [-0.3, -0.25) is 14.7 Å². The van der Waals surface area contributed by atoms with Gasteiger partial charge in [-0.15, -0.1) is 13.2 Å². The van der Waals surface area contributed by atoms with E-state index in [1.807, 2.05) is 36.5 Å². The number of esters is 1. The number of aromatic amines is 1. The fourth-order valence-electron chi connectivity index (χ4n) is 6.29. The molecule has 4 heterocycles. The Labute approximate surface area is 229 Å². The molecule has 2 N–H and O–H groups in total. The summed E-state index contributed by atoms with van der Waals surface area (Å²) in [5, 5.41) is 4.75. The van der Waals surface area contributed by atoms with Gasteiger partial charge in [-0.2, -0.15) is 0 Å². The van der Waals surface area contributed by atoms with Gasteiger partial charge in [0.15, 0.2) is 0 Å². The minimum atomic E-state index is -4.77. The minimum absolute atomic E-state index is 0.0632. The zero-order valence-corrected chi connectivity index (χ0v) is 21.8. The quantitative estimate of drug-likeness (QED) is 0.305. The highest BCUT2D eigenvalue weighted by Crippen LogP contribution is 2.49. The van der Waals surface area contributed by atoms with Gasteiger partial charge in [-0.1, -0.05) is 36.4 Å². The fraction of sp³-hybridized carbons (Fsp3) is 0.333. The molecule has 208 valence electrons. The van der Waals surface area contributed by atoms with Crippen molar-refractivity contribution in [2.45, 2.75) is 56.3 Å².